The van der Waals surface area contributed by atoms with Crippen LogP contribution in [0.4, 0.5) is 5.69 Å². The van der Waals surface area contributed by atoms with Gasteiger partial charge in [-0.15, -0.1) is 0 Å². The molecular formula is C16H23NO2. The van der Waals surface area contributed by atoms with E-state index in [2.05, 4.69) is 37.4 Å². The van der Waals surface area contributed by atoms with Crippen molar-refractivity contribution in [3.05, 3.63) is 29.3 Å². The molecule has 0 aromatic heterocycles. The van der Waals surface area contributed by atoms with Crippen LogP contribution in [0.2, 0.25) is 0 Å². The number of anilines is 1. The lowest BCUT2D eigenvalue weighted by Gasteiger charge is -2.26. The molecule has 0 radical (unpaired) electrons. The molecule has 0 spiro atoms. The molecule has 0 saturated heterocycles. The van der Waals surface area contributed by atoms with Crippen LogP contribution in [0.5, 0.6) is 0 Å². The van der Waals surface area contributed by atoms with Crippen molar-refractivity contribution in [2.45, 2.75) is 39.5 Å². The molecule has 1 saturated carbocycles. The Bertz CT molecular complexity index is 448. The average Bonchev–Trinajstić information content (AvgIpc) is 2.41. The van der Waals surface area contributed by atoms with E-state index in [1.165, 1.54) is 16.8 Å². The Balaban J connectivity index is 1.84. The van der Waals surface area contributed by atoms with Gasteiger partial charge in [-0.05, 0) is 62.6 Å². The summed E-state index contributed by atoms with van der Waals surface area (Å²) in [4.78, 5) is 10.9. The summed E-state index contributed by atoms with van der Waals surface area (Å²) in [5.41, 5.74) is 3.82. The molecule has 0 amide bonds. The lowest BCUT2D eigenvalue weighted by molar-refractivity contribution is -0.143. The normalized spacial score (nSPS) is 23.1. The number of carbonyl (C=O) groups is 1. The molecule has 3 nitrogen and oxygen atoms in total. The van der Waals surface area contributed by atoms with Crippen molar-refractivity contribution in [1.29, 1.82) is 0 Å². The summed E-state index contributed by atoms with van der Waals surface area (Å²) < 4.78 is 0. The van der Waals surface area contributed by atoms with E-state index < -0.39 is 5.97 Å². The molecule has 0 aliphatic heterocycles. The number of carboxylic acids is 1. The van der Waals surface area contributed by atoms with Crippen LogP contribution in [-0.4, -0.2) is 17.6 Å². The van der Waals surface area contributed by atoms with E-state index in [4.69, 9.17) is 5.11 Å². The van der Waals surface area contributed by atoms with Crippen molar-refractivity contribution < 1.29 is 9.90 Å². The van der Waals surface area contributed by atoms with Crippen LogP contribution in [0.25, 0.3) is 0 Å². The first-order valence-corrected chi connectivity index (χ1v) is 7.11. The second-order valence-corrected chi connectivity index (χ2v) is 5.68. The summed E-state index contributed by atoms with van der Waals surface area (Å²) in [7, 11) is 0. The molecule has 2 N–H and O–H groups in total. The highest BCUT2D eigenvalue weighted by atomic mass is 16.4. The topological polar surface area (TPSA) is 49.3 Å². The minimum absolute atomic E-state index is 0.114. The third-order valence-corrected chi connectivity index (χ3v) is 4.38. The van der Waals surface area contributed by atoms with E-state index in [1.807, 2.05) is 0 Å². The highest BCUT2D eigenvalue weighted by molar-refractivity contribution is 5.70. The van der Waals surface area contributed by atoms with Gasteiger partial charge in [0.05, 0.1) is 5.92 Å². The van der Waals surface area contributed by atoms with E-state index in [0.29, 0.717) is 5.92 Å². The molecule has 0 unspecified atom stereocenters. The van der Waals surface area contributed by atoms with Gasteiger partial charge in [0.15, 0.2) is 0 Å². The number of carboxylic acid groups (broad SMARTS) is 1. The van der Waals surface area contributed by atoms with Gasteiger partial charge in [0, 0.05) is 12.2 Å². The number of hydrogen-bond acceptors (Lipinski definition) is 2. The highest BCUT2D eigenvalue weighted by Gasteiger charge is 2.25. The molecule has 1 fully saturated rings. The zero-order chi connectivity index (χ0) is 13.8. The maximum atomic E-state index is 10.9. The van der Waals surface area contributed by atoms with Gasteiger partial charge in [-0.3, -0.25) is 4.79 Å². The SMILES string of the molecule is Cc1cccc(NCC2CCC(C(=O)O)CC2)c1C. The smallest absolute Gasteiger partial charge is 0.306 e. The van der Waals surface area contributed by atoms with Gasteiger partial charge in [0.25, 0.3) is 0 Å². The number of nitrogens with one attached hydrogen (secondary N) is 1. The summed E-state index contributed by atoms with van der Waals surface area (Å²) in [5, 5.41) is 12.5. The van der Waals surface area contributed by atoms with Gasteiger partial charge in [-0.2, -0.15) is 0 Å². The number of hydrogen-bond donors (Lipinski definition) is 2. The Kier molecular flexibility index (Phi) is 4.46. The average molecular weight is 261 g/mol. The second-order valence-electron chi connectivity index (χ2n) is 5.68. The van der Waals surface area contributed by atoms with Crippen LogP contribution < -0.4 is 5.32 Å². The maximum absolute atomic E-state index is 10.9. The fourth-order valence-corrected chi connectivity index (χ4v) is 2.81. The van der Waals surface area contributed by atoms with E-state index in [9.17, 15) is 4.79 Å². The second kappa shape index (κ2) is 6.09. The summed E-state index contributed by atoms with van der Waals surface area (Å²) in [5.74, 6) is -0.131. The van der Waals surface area contributed by atoms with Crippen LogP contribution in [0.1, 0.15) is 36.8 Å². The fraction of sp³-hybridized carbons (Fsp3) is 0.562. The molecule has 0 atom stereocenters. The predicted octanol–water partition coefficient (Wildman–Crippen LogP) is 3.61. The largest absolute Gasteiger partial charge is 0.481 e. The Morgan fingerprint density at radius 3 is 2.58 bits per heavy atom. The van der Waals surface area contributed by atoms with Gasteiger partial charge in [0.1, 0.15) is 0 Å². The first-order chi connectivity index (χ1) is 9.08. The summed E-state index contributed by atoms with van der Waals surface area (Å²) >= 11 is 0. The lowest BCUT2D eigenvalue weighted by atomic mass is 9.82. The summed E-state index contributed by atoms with van der Waals surface area (Å²) in [6, 6.07) is 6.32. The molecule has 3 heteroatoms. The molecule has 1 aromatic carbocycles. The van der Waals surface area contributed by atoms with E-state index in [0.717, 1.165) is 32.2 Å². The van der Waals surface area contributed by atoms with Gasteiger partial charge < -0.3 is 10.4 Å². The van der Waals surface area contributed by atoms with Crippen LogP contribution in [-0.2, 0) is 4.79 Å². The number of rotatable bonds is 4. The zero-order valence-corrected chi connectivity index (χ0v) is 11.8. The quantitative estimate of drug-likeness (QED) is 0.870. The van der Waals surface area contributed by atoms with E-state index in [-0.39, 0.29) is 5.92 Å². The van der Waals surface area contributed by atoms with Crippen molar-refractivity contribution in [3.63, 3.8) is 0 Å². The molecule has 1 aliphatic carbocycles. The molecule has 1 aromatic rings. The van der Waals surface area contributed by atoms with Crippen molar-refractivity contribution >= 4 is 11.7 Å². The molecule has 2 rings (SSSR count). The fourth-order valence-electron chi connectivity index (χ4n) is 2.81. The highest BCUT2D eigenvalue weighted by Crippen LogP contribution is 2.29. The third kappa shape index (κ3) is 3.49. The molecule has 1 aliphatic rings. The maximum Gasteiger partial charge on any atom is 0.306 e. The van der Waals surface area contributed by atoms with Crippen molar-refractivity contribution in [3.8, 4) is 0 Å². The van der Waals surface area contributed by atoms with Crippen molar-refractivity contribution in [2.75, 3.05) is 11.9 Å². The van der Waals surface area contributed by atoms with E-state index >= 15 is 0 Å². The monoisotopic (exact) mass is 261 g/mol. The number of aliphatic carboxylic acids is 1. The molecular weight excluding hydrogens is 238 g/mol. The third-order valence-electron chi connectivity index (χ3n) is 4.38. The minimum atomic E-state index is -0.624. The summed E-state index contributed by atoms with van der Waals surface area (Å²) in [6.45, 7) is 5.22. The first kappa shape index (κ1) is 13.9. The molecule has 0 heterocycles. The van der Waals surface area contributed by atoms with Gasteiger partial charge >= 0.3 is 5.97 Å². The van der Waals surface area contributed by atoms with Crippen LogP contribution >= 0.6 is 0 Å². The lowest BCUT2D eigenvalue weighted by Crippen LogP contribution is -2.25. The van der Waals surface area contributed by atoms with Crippen LogP contribution in [0.3, 0.4) is 0 Å². The Morgan fingerprint density at radius 1 is 1.26 bits per heavy atom. The van der Waals surface area contributed by atoms with Gasteiger partial charge in [0.2, 0.25) is 0 Å². The number of aryl methyl sites for hydroxylation is 1. The van der Waals surface area contributed by atoms with Crippen LogP contribution in [0.15, 0.2) is 18.2 Å². The van der Waals surface area contributed by atoms with Crippen molar-refractivity contribution in [2.24, 2.45) is 11.8 Å². The van der Waals surface area contributed by atoms with E-state index in [1.54, 1.807) is 0 Å². The molecule has 19 heavy (non-hydrogen) atoms. The standard InChI is InChI=1S/C16H23NO2/c1-11-4-3-5-15(12(11)2)17-10-13-6-8-14(9-7-13)16(18)19/h3-5,13-14,17H,6-10H2,1-2H3,(H,18,19). The van der Waals surface area contributed by atoms with Crippen LogP contribution in [0, 0.1) is 25.7 Å². The predicted molar refractivity (Wildman–Crippen MR) is 77.5 cm³/mol. The van der Waals surface area contributed by atoms with Gasteiger partial charge in [-0.1, -0.05) is 12.1 Å². The molecule has 104 valence electrons. The molecule has 0 bridgehead atoms. The minimum Gasteiger partial charge on any atom is -0.481 e. The Labute approximate surface area is 115 Å². The zero-order valence-electron chi connectivity index (χ0n) is 11.8. The van der Waals surface area contributed by atoms with Crippen molar-refractivity contribution in [1.82, 2.24) is 0 Å². The Hall–Kier alpha value is -1.51. The summed E-state index contributed by atoms with van der Waals surface area (Å²) in [6.07, 6.45) is 3.70. The Morgan fingerprint density at radius 2 is 1.95 bits per heavy atom. The van der Waals surface area contributed by atoms with Gasteiger partial charge in [-0.25, -0.2) is 0 Å². The number of benzene rings is 1. The first-order valence-electron chi connectivity index (χ1n) is 7.11.